The van der Waals surface area contributed by atoms with Crippen molar-refractivity contribution < 1.29 is 9.18 Å². The van der Waals surface area contributed by atoms with E-state index in [9.17, 15) is 9.18 Å². The first-order valence-electron chi connectivity index (χ1n) is 7.98. The fourth-order valence-corrected chi connectivity index (χ4v) is 2.62. The third-order valence-corrected chi connectivity index (χ3v) is 3.91. The summed E-state index contributed by atoms with van der Waals surface area (Å²) in [5.74, 6) is -0.540. The summed E-state index contributed by atoms with van der Waals surface area (Å²) in [4.78, 5) is 12.5. The molecule has 4 nitrogen and oxygen atoms in total. The lowest BCUT2D eigenvalue weighted by Gasteiger charge is -2.08. The van der Waals surface area contributed by atoms with Crippen molar-refractivity contribution in [1.82, 2.24) is 15.1 Å². The molecule has 0 saturated heterocycles. The Bertz CT molecular complexity index is 890. The normalized spacial score (nSPS) is 10.7. The minimum absolute atomic E-state index is 0.220. The zero-order chi connectivity index (χ0) is 17.8. The van der Waals surface area contributed by atoms with Crippen LogP contribution in [0.15, 0.2) is 54.6 Å². The van der Waals surface area contributed by atoms with Crippen molar-refractivity contribution in [3.63, 3.8) is 0 Å². The van der Waals surface area contributed by atoms with Crippen LogP contribution in [0.25, 0.3) is 16.9 Å². The molecule has 0 aliphatic rings. The highest BCUT2D eigenvalue weighted by Gasteiger charge is 2.17. The zero-order valence-electron chi connectivity index (χ0n) is 13.7. The van der Waals surface area contributed by atoms with Crippen molar-refractivity contribution in [1.29, 1.82) is 0 Å². The number of aromatic nitrogens is 2. The Balaban J connectivity index is 2.07. The molecule has 128 valence electrons. The van der Waals surface area contributed by atoms with Gasteiger partial charge >= 0.3 is 0 Å². The van der Waals surface area contributed by atoms with E-state index in [4.69, 9.17) is 11.6 Å². The molecule has 1 N–H and O–H groups in total. The lowest BCUT2D eigenvalue weighted by molar-refractivity contribution is 0.0946. The maximum absolute atomic E-state index is 13.2. The minimum Gasteiger partial charge on any atom is -0.351 e. The molecular weight excluding hydrogens is 341 g/mol. The van der Waals surface area contributed by atoms with Crippen molar-refractivity contribution >= 4 is 17.5 Å². The van der Waals surface area contributed by atoms with Gasteiger partial charge in [0.25, 0.3) is 5.91 Å². The molecule has 0 aliphatic carbocycles. The first kappa shape index (κ1) is 17.2. The monoisotopic (exact) mass is 357 g/mol. The second kappa shape index (κ2) is 7.49. The molecule has 0 saturated carbocycles. The quantitative estimate of drug-likeness (QED) is 0.732. The van der Waals surface area contributed by atoms with Crippen LogP contribution in [-0.4, -0.2) is 22.2 Å². The van der Waals surface area contributed by atoms with E-state index >= 15 is 0 Å². The fraction of sp³-hybridized carbons (Fsp3) is 0.158. The molecule has 0 atom stereocenters. The highest BCUT2D eigenvalue weighted by atomic mass is 35.5. The van der Waals surface area contributed by atoms with Crippen LogP contribution in [0, 0.1) is 5.82 Å². The van der Waals surface area contributed by atoms with Crippen LogP contribution in [0.2, 0.25) is 5.02 Å². The third kappa shape index (κ3) is 3.88. The average Bonchev–Trinajstić information content (AvgIpc) is 3.06. The summed E-state index contributed by atoms with van der Waals surface area (Å²) in [6, 6.07) is 14.8. The first-order valence-corrected chi connectivity index (χ1v) is 8.36. The summed E-state index contributed by atoms with van der Waals surface area (Å²) in [5.41, 5.74) is 2.39. The Morgan fingerprint density at radius 1 is 1.20 bits per heavy atom. The number of nitrogens with zero attached hydrogens (tertiary/aromatic N) is 2. The summed E-state index contributed by atoms with van der Waals surface area (Å²) < 4.78 is 14.7. The summed E-state index contributed by atoms with van der Waals surface area (Å²) in [5, 5.41) is 7.93. The van der Waals surface area contributed by atoms with Crippen LogP contribution in [0.4, 0.5) is 4.39 Å². The summed E-state index contributed by atoms with van der Waals surface area (Å²) >= 11 is 6.07. The fourth-order valence-electron chi connectivity index (χ4n) is 2.44. The Morgan fingerprint density at radius 2 is 1.96 bits per heavy atom. The van der Waals surface area contributed by atoms with Gasteiger partial charge in [0, 0.05) is 17.1 Å². The second-order valence-corrected chi connectivity index (χ2v) is 6.01. The maximum atomic E-state index is 13.2. The predicted molar refractivity (Wildman–Crippen MR) is 96.6 cm³/mol. The lowest BCUT2D eigenvalue weighted by atomic mass is 10.1. The van der Waals surface area contributed by atoms with Gasteiger partial charge in [-0.15, -0.1) is 0 Å². The Hall–Kier alpha value is -2.66. The van der Waals surface area contributed by atoms with E-state index in [1.807, 2.05) is 13.0 Å². The zero-order valence-corrected chi connectivity index (χ0v) is 14.4. The number of rotatable bonds is 5. The van der Waals surface area contributed by atoms with E-state index in [1.54, 1.807) is 41.1 Å². The summed E-state index contributed by atoms with van der Waals surface area (Å²) in [6.45, 7) is 2.56. The van der Waals surface area contributed by atoms with Gasteiger partial charge in [-0.1, -0.05) is 24.6 Å². The Labute approximate surface area is 150 Å². The van der Waals surface area contributed by atoms with E-state index < -0.39 is 0 Å². The van der Waals surface area contributed by atoms with Crippen molar-refractivity contribution in [3.8, 4) is 16.9 Å². The molecule has 0 aliphatic heterocycles. The highest BCUT2D eigenvalue weighted by Crippen LogP contribution is 2.23. The topological polar surface area (TPSA) is 46.9 Å². The van der Waals surface area contributed by atoms with E-state index in [1.165, 1.54) is 12.1 Å². The average molecular weight is 358 g/mol. The lowest BCUT2D eigenvalue weighted by Crippen LogP contribution is -2.26. The minimum atomic E-state index is -0.320. The number of carbonyl (C=O) groups is 1. The standard InChI is InChI=1S/C19H17ClFN3O/c1-2-10-22-19(25)18-12-17(13-6-8-15(21)9-7-13)23-24(18)16-5-3-4-14(20)11-16/h3-9,11-12H,2,10H2,1H3,(H,22,25). The van der Waals surface area contributed by atoms with Crippen molar-refractivity contribution in [3.05, 3.63) is 71.1 Å². The number of hydrogen-bond acceptors (Lipinski definition) is 2. The number of hydrogen-bond donors (Lipinski definition) is 1. The number of halogens is 2. The molecule has 3 rings (SSSR count). The number of nitrogens with one attached hydrogen (secondary N) is 1. The molecule has 0 bridgehead atoms. The Kier molecular flexibility index (Phi) is 5.14. The van der Waals surface area contributed by atoms with Gasteiger partial charge < -0.3 is 5.32 Å². The molecule has 2 aromatic carbocycles. The SMILES string of the molecule is CCCNC(=O)c1cc(-c2ccc(F)cc2)nn1-c1cccc(Cl)c1. The maximum Gasteiger partial charge on any atom is 0.270 e. The van der Waals surface area contributed by atoms with Gasteiger partial charge in [-0.3, -0.25) is 4.79 Å². The smallest absolute Gasteiger partial charge is 0.270 e. The molecule has 0 fully saturated rings. The van der Waals surface area contributed by atoms with E-state index in [0.717, 1.165) is 12.0 Å². The predicted octanol–water partition coefficient (Wildman–Crippen LogP) is 4.47. The highest BCUT2D eigenvalue weighted by molar-refractivity contribution is 6.30. The van der Waals surface area contributed by atoms with Crippen molar-refractivity contribution in [2.75, 3.05) is 6.54 Å². The van der Waals surface area contributed by atoms with Crippen LogP contribution in [0.5, 0.6) is 0 Å². The van der Waals surface area contributed by atoms with Gasteiger partial charge in [0.2, 0.25) is 0 Å². The van der Waals surface area contributed by atoms with Crippen LogP contribution in [-0.2, 0) is 0 Å². The molecule has 1 heterocycles. The molecule has 0 unspecified atom stereocenters. The van der Waals surface area contributed by atoms with Gasteiger partial charge in [0.05, 0.1) is 11.4 Å². The third-order valence-electron chi connectivity index (χ3n) is 3.67. The molecular formula is C19H17ClFN3O. The van der Waals surface area contributed by atoms with Crippen LogP contribution in [0.3, 0.4) is 0 Å². The van der Waals surface area contributed by atoms with Gasteiger partial charge in [0.1, 0.15) is 11.5 Å². The molecule has 1 amide bonds. The van der Waals surface area contributed by atoms with Crippen LogP contribution < -0.4 is 5.32 Å². The van der Waals surface area contributed by atoms with E-state index in [-0.39, 0.29) is 11.7 Å². The van der Waals surface area contributed by atoms with E-state index in [0.29, 0.717) is 28.6 Å². The summed E-state index contributed by atoms with van der Waals surface area (Å²) in [7, 11) is 0. The molecule has 1 aromatic heterocycles. The van der Waals surface area contributed by atoms with Gasteiger partial charge in [-0.05, 0) is 55.0 Å². The molecule has 0 spiro atoms. The second-order valence-electron chi connectivity index (χ2n) is 5.57. The van der Waals surface area contributed by atoms with Crippen molar-refractivity contribution in [2.45, 2.75) is 13.3 Å². The van der Waals surface area contributed by atoms with Crippen LogP contribution in [0.1, 0.15) is 23.8 Å². The van der Waals surface area contributed by atoms with Gasteiger partial charge in [-0.2, -0.15) is 5.10 Å². The number of benzene rings is 2. The largest absolute Gasteiger partial charge is 0.351 e. The van der Waals surface area contributed by atoms with Gasteiger partial charge in [-0.25, -0.2) is 9.07 Å². The molecule has 25 heavy (non-hydrogen) atoms. The van der Waals surface area contributed by atoms with Crippen LogP contribution >= 0.6 is 11.6 Å². The molecule has 3 aromatic rings. The Morgan fingerprint density at radius 3 is 2.64 bits per heavy atom. The number of amides is 1. The molecule has 0 radical (unpaired) electrons. The van der Waals surface area contributed by atoms with E-state index in [2.05, 4.69) is 10.4 Å². The first-order chi connectivity index (χ1) is 12.1. The van der Waals surface area contributed by atoms with Crippen molar-refractivity contribution in [2.24, 2.45) is 0 Å². The number of carbonyl (C=O) groups excluding carboxylic acids is 1. The summed E-state index contributed by atoms with van der Waals surface area (Å²) in [6.07, 6.45) is 0.835. The molecule has 6 heteroatoms. The van der Waals surface area contributed by atoms with Gasteiger partial charge in [0.15, 0.2) is 0 Å².